The zero-order chi connectivity index (χ0) is 40.3. The molecular formula is C59H48. The largest absolute Gasteiger partial charge is 0.0622 e. The zero-order valence-electron chi connectivity index (χ0n) is 34.8. The molecular weight excluding hydrogens is 709 g/mol. The van der Waals surface area contributed by atoms with Gasteiger partial charge in [0.1, 0.15) is 0 Å². The molecule has 0 saturated heterocycles. The van der Waals surface area contributed by atoms with E-state index in [0.29, 0.717) is 0 Å². The van der Waals surface area contributed by atoms with Gasteiger partial charge in [0, 0.05) is 5.41 Å². The second kappa shape index (κ2) is 12.7. The zero-order valence-corrected chi connectivity index (χ0v) is 34.8. The summed E-state index contributed by atoms with van der Waals surface area (Å²) in [6.07, 6.45) is 0. The Morgan fingerprint density at radius 2 is 0.729 bits per heavy atom. The number of hydrogen-bond acceptors (Lipinski definition) is 0. The minimum atomic E-state index is -0.248. The van der Waals surface area contributed by atoms with Crippen LogP contribution in [0.15, 0.2) is 182 Å². The van der Waals surface area contributed by atoms with Crippen molar-refractivity contribution < 1.29 is 0 Å². The maximum absolute atomic E-state index is 2.53. The van der Waals surface area contributed by atoms with Gasteiger partial charge in [0.2, 0.25) is 0 Å². The standard InChI is InChI=1S/C59H48/c1-57(2,3)59(58(4,5)6)52-36-41-21-11-10-20-40(41)35-51(52)55-44-23-13-12-22-43(44)50-34-42(32-33-49(50)56(55)59)37-28-30-39(31-29-37)54-47-26-16-14-24-45(47)53(38-18-8-7-9-19-38)46-25-15-17-27-48(46)54/h7-36H,1-6H3. The highest BCUT2D eigenvalue weighted by atomic mass is 14.6. The molecule has 0 nitrogen and oxygen atoms in total. The average molecular weight is 757 g/mol. The summed E-state index contributed by atoms with van der Waals surface area (Å²) in [5.41, 5.74) is 12.9. The highest BCUT2D eigenvalue weighted by Crippen LogP contribution is 2.67. The van der Waals surface area contributed by atoms with Gasteiger partial charge in [0.15, 0.2) is 0 Å². The molecule has 1 aliphatic carbocycles. The van der Waals surface area contributed by atoms with E-state index in [-0.39, 0.29) is 16.2 Å². The van der Waals surface area contributed by atoms with Crippen molar-refractivity contribution in [3.05, 3.63) is 193 Å². The Morgan fingerprint density at radius 3 is 1.27 bits per heavy atom. The molecule has 59 heavy (non-hydrogen) atoms. The Balaban J connectivity index is 1.13. The van der Waals surface area contributed by atoms with Crippen molar-refractivity contribution in [2.24, 2.45) is 10.8 Å². The fourth-order valence-electron chi connectivity index (χ4n) is 11.8. The third kappa shape index (κ3) is 5.02. The van der Waals surface area contributed by atoms with Gasteiger partial charge in [-0.05, 0) is 139 Å². The maximum Gasteiger partial charge on any atom is 0.0318 e. The van der Waals surface area contributed by atoms with Gasteiger partial charge in [-0.3, -0.25) is 0 Å². The molecule has 0 unspecified atom stereocenters. The molecule has 0 fully saturated rings. The fraction of sp³-hybridized carbons (Fsp3) is 0.153. The summed E-state index contributed by atoms with van der Waals surface area (Å²) in [5, 5.41) is 13.1. The van der Waals surface area contributed by atoms with E-state index in [0.717, 1.165) is 0 Å². The van der Waals surface area contributed by atoms with Gasteiger partial charge in [-0.1, -0.05) is 205 Å². The molecule has 0 aromatic heterocycles. The van der Waals surface area contributed by atoms with E-state index in [2.05, 4.69) is 224 Å². The van der Waals surface area contributed by atoms with Crippen LogP contribution in [0, 0.1) is 10.8 Å². The monoisotopic (exact) mass is 756 g/mol. The summed E-state index contributed by atoms with van der Waals surface area (Å²) < 4.78 is 0. The lowest BCUT2D eigenvalue weighted by Crippen LogP contribution is -2.50. The number of hydrogen-bond donors (Lipinski definition) is 0. The number of fused-ring (bicyclic) bond motifs is 11. The van der Waals surface area contributed by atoms with Crippen molar-refractivity contribution in [3.8, 4) is 44.5 Å². The molecule has 0 heterocycles. The predicted octanol–water partition coefficient (Wildman–Crippen LogP) is 16.8. The van der Waals surface area contributed by atoms with Crippen LogP contribution in [0.1, 0.15) is 52.7 Å². The summed E-state index contributed by atoms with van der Waals surface area (Å²) in [7, 11) is 0. The molecule has 0 bridgehead atoms. The molecule has 0 radical (unpaired) electrons. The van der Waals surface area contributed by atoms with E-state index in [1.165, 1.54) is 109 Å². The van der Waals surface area contributed by atoms with Gasteiger partial charge < -0.3 is 0 Å². The van der Waals surface area contributed by atoms with E-state index >= 15 is 0 Å². The Morgan fingerprint density at radius 1 is 0.305 bits per heavy atom. The lowest BCUT2D eigenvalue weighted by Gasteiger charge is -2.53. The Kier molecular flexibility index (Phi) is 7.70. The molecule has 0 amide bonds. The van der Waals surface area contributed by atoms with Crippen LogP contribution in [0.2, 0.25) is 0 Å². The number of benzene rings is 10. The molecule has 0 saturated carbocycles. The van der Waals surface area contributed by atoms with Crippen LogP contribution >= 0.6 is 0 Å². The fourth-order valence-corrected chi connectivity index (χ4v) is 11.8. The molecule has 0 aliphatic heterocycles. The summed E-state index contributed by atoms with van der Waals surface area (Å²) in [6.45, 7) is 14.8. The minimum Gasteiger partial charge on any atom is -0.0622 e. The van der Waals surface area contributed by atoms with Gasteiger partial charge in [0.25, 0.3) is 0 Å². The summed E-state index contributed by atoms with van der Waals surface area (Å²) >= 11 is 0. The summed E-state index contributed by atoms with van der Waals surface area (Å²) in [5.74, 6) is 0. The molecule has 0 spiro atoms. The number of rotatable bonds is 3. The van der Waals surface area contributed by atoms with Crippen LogP contribution in [0.5, 0.6) is 0 Å². The lowest BCUT2D eigenvalue weighted by molar-refractivity contribution is 0.0965. The Hall–Kier alpha value is -6.50. The van der Waals surface area contributed by atoms with E-state index < -0.39 is 0 Å². The molecule has 1 aliphatic rings. The first kappa shape index (κ1) is 35.6. The van der Waals surface area contributed by atoms with Gasteiger partial charge in [-0.15, -0.1) is 0 Å². The minimum absolute atomic E-state index is 0.0781. The first-order chi connectivity index (χ1) is 28.6. The lowest BCUT2D eigenvalue weighted by atomic mass is 9.49. The van der Waals surface area contributed by atoms with Gasteiger partial charge in [-0.2, -0.15) is 0 Å². The van der Waals surface area contributed by atoms with Crippen molar-refractivity contribution in [2.45, 2.75) is 47.0 Å². The van der Waals surface area contributed by atoms with Crippen LogP contribution < -0.4 is 0 Å². The second-order valence-electron chi connectivity index (χ2n) is 18.8. The van der Waals surface area contributed by atoms with E-state index in [1.807, 2.05) is 0 Å². The second-order valence-corrected chi connectivity index (χ2v) is 18.8. The third-order valence-electron chi connectivity index (χ3n) is 13.7. The Labute approximate surface area is 347 Å². The van der Waals surface area contributed by atoms with E-state index in [9.17, 15) is 0 Å². The van der Waals surface area contributed by atoms with Crippen molar-refractivity contribution >= 4 is 53.9 Å². The smallest absolute Gasteiger partial charge is 0.0318 e. The molecule has 284 valence electrons. The summed E-state index contributed by atoms with van der Waals surface area (Å²) in [4.78, 5) is 0. The van der Waals surface area contributed by atoms with Crippen LogP contribution in [-0.2, 0) is 5.41 Å². The van der Waals surface area contributed by atoms with E-state index in [1.54, 1.807) is 0 Å². The van der Waals surface area contributed by atoms with Crippen molar-refractivity contribution in [1.29, 1.82) is 0 Å². The molecule has 10 aromatic rings. The van der Waals surface area contributed by atoms with Crippen LogP contribution in [0.3, 0.4) is 0 Å². The maximum atomic E-state index is 2.53. The Bertz CT molecular complexity index is 3240. The van der Waals surface area contributed by atoms with E-state index in [4.69, 9.17) is 0 Å². The summed E-state index contributed by atoms with van der Waals surface area (Å²) in [6, 6.07) is 68.4. The van der Waals surface area contributed by atoms with Gasteiger partial charge in [0.05, 0.1) is 0 Å². The van der Waals surface area contributed by atoms with Crippen LogP contribution in [0.25, 0.3) is 98.4 Å². The molecule has 11 rings (SSSR count). The topological polar surface area (TPSA) is 0 Å². The SMILES string of the molecule is CC(C)(C)C1(C(C)(C)C)c2cc3ccccc3cc2-c2c1c1ccc(-c3ccc(-c4c5ccccc5c(-c5ccccc5)c5ccccc45)cc3)cc1c1ccccc21. The van der Waals surface area contributed by atoms with Crippen LogP contribution in [-0.4, -0.2) is 0 Å². The average Bonchev–Trinajstić information content (AvgIpc) is 3.57. The quantitative estimate of drug-likeness (QED) is 0.124. The van der Waals surface area contributed by atoms with Crippen molar-refractivity contribution in [2.75, 3.05) is 0 Å². The molecule has 10 aromatic carbocycles. The van der Waals surface area contributed by atoms with Gasteiger partial charge in [-0.25, -0.2) is 0 Å². The molecule has 0 atom stereocenters. The van der Waals surface area contributed by atoms with Crippen LogP contribution in [0.4, 0.5) is 0 Å². The first-order valence-corrected chi connectivity index (χ1v) is 21.2. The van der Waals surface area contributed by atoms with Gasteiger partial charge >= 0.3 is 0 Å². The van der Waals surface area contributed by atoms with Crippen molar-refractivity contribution in [3.63, 3.8) is 0 Å². The molecule has 0 N–H and O–H groups in total. The highest BCUT2D eigenvalue weighted by molar-refractivity contribution is 6.22. The predicted molar refractivity (Wildman–Crippen MR) is 255 cm³/mol. The third-order valence-corrected chi connectivity index (χ3v) is 13.7. The normalized spacial score (nSPS) is 13.7. The highest BCUT2D eigenvalue weighted by Gasteiger charge is 2.58. The molecule has 0 heteroatoms. The van der Waals surface area contributed by atoms with Crippen molar-refractivity contribution in [1.82, 2.24) is 0 Å². The first-order valence-electron chi connectivity index (χ1n) is 21.2.